The fraction of sp³-hybridized carbons (Fsp3) is 0.105. The lowest BCUT2D eigenvalue weighted by molar-refractivity contribution is 0.484. The molecule has 0 fully saturated rings. The largest absolute Gasteiger partial charge is 0.431 e. The van der Waals surface area contributed by atoms with Crippen LogP contribution in [0.5, 0.6) is 0 Å². The first kappa shape index (κ1) is 33.3. The van der Waals surface area contributed by atoms with Crippen molar-refractivity contribution in [3.05, 3.63) is 133 Å². The number of fused-ring (bicyclic) bond motifs is 2. The van der Waals surface area contributed by atoms with Crippen LogP contribution in [-0.2, 0) is 24.3 Å². The van der Waals surface area contributed by atoms with E-state index in [0.717, 1.165) is 22.3 Å². The van der Waals surface area contributed by atoms with Gasteiger partial charge in [0, 0.05) is 11.1 Å². The first-order chi connectivity index (χ1) is 25.4. The highest BCUT2D eigenvalue weighted by Crippen LogP contribution is 2.38. The van der Waals surface area contributed by atoms with Crippen molar-refractivity contribution < 1.29 is 26.4 Å². The zero-order valence-corrected chi connectivity index (χ0v) is 28.8. The lowest BCUT2D eigenvalue weighted by atomic mass is 9.97. The Labute approximate surface area is 303 Å². The lowest BCUT2D eigenvalue weighted by Gasteiger charge is -2.08. The molecule has 0 atom stereocenters. The number of nitrogens with zero attached hydrogens (tertiary/aromatic N) is 6. The number of benzene rings is 4. The molecule has 10 nitrogen and oxygen atoms in total. The van der Waals surface area contributed by atoms with E-state index >= 15 is 0 Å². The van der Waals surface area contributed by atoms with Crippen molar-refractivity contribution in [3.63, 3.8) is 0 Å². The highest BCUT2D eigenvalue weighted by Gasteiger charge is 2.20. The predicted octanol–water partition coefficient (Wildman–Crippen LogP) is 10.1. The fourth-order valence-corrected chi connectivity index (χ4v) is 6.93. The van der Waals surface area contributed by atoms with E-state index < -0.39 is 11.6 Å². The fourth-order valence-electron chi connectivity index (χ4n) is 5.60. The first-order valence-electron chi connectivity index (χ1n) is 15.9. The molecule has 14 heteroatoms. The van der Waals surface area contributed by atoms with E-state index in [1.165, 1.54) is 35.7 Å². The lowest BCUT2D eigenvalue weighted by Crippen LogP contribution is -1.89. The molecule has 0 unspecified atom stereocenters. The molecule has 4 heterocycles. The summed E-state index contributed by atoms with van der Waals surface area (Å²) in [5.74, 6) is 0.480. The molecule has 0 aliphatic rings. The molecule has 8 rings (SSSR count). The topological polar surface area (TPSA) is 130 Å². The second-order valence-corrected chi connectivity index (χ2v) is 13.3. The molecule has 0 radical (unpaired) electrons. The van der Waals surface area contributed by atoms with Gasteiger partial charge in [-0.3, -0.25) is 0 Å². The summed E-state index contributed by atoms with van der Waals surface area (Å²) in [7, 11) is 0. The Morgan fingerprint density at radius 2 is 1.15 bits per heavy atom. The maximum absolute atomic E-state index is 14.2. The molecule has 8 aromatic rings. The van der Waals surface area contributed by atoms with Gasteiger partial charge in [-0.25, -0.2) is 18.7 Å². The van der Waals surface area contributed by atoms with Crippen LogP contribution in [0.1, 0.15) is 22.9 Å². The molecule has 0 amide bonds. The first-order valence-corrected chi connectivity index (χ1v) is 17.9. The molecular formula is C38H26F2N6O4S2. The number of hydrogen-bond donors (Lipinski definition) is 0. The number of thioether (sulfide) groups is 2. The van der Waals surface area contributed by atoms with E-state index in [0.29, 0.717) is 57.3 Å². The van der Waals surface area contributed by atoms with Gasteiger partial charge in [0.05, 0.1) is 22.6 Å². The molecule has 52 heavy (non-hydrogen) atoms. The zero-order valence-electron chi connectivity index (χ0n) is 27.2. The SMILES string of the molecule is C=CCc1cc(-c2cc(CC=C)c3oc(SCc4nnc(-c5ccccc5F)o4)nc3c2)c2oc(SCc3nnc(-c4ccccc4F)o3)nc2c1. The number of rotatable bonds is 13. The Kier molecular flexibility index (Phi) is 9.22. The van der Waals surface area contributed by atoms with Crippen LogP contribution >= 0.6 is 23.5 Å². The summed E-state index contributed by atoms with van der Waals surface area (Å²) >= 11 is 2.58. The highest BCUT2D eigenvalue weighted by atomic mass is 32.2. The van der Waals surface area contributed by atoms with Crippen LogP contribution in [0.4, 0.5) is 8.78 Å². The summed E-state index contributed by atoms with van der Waals surface area (Å²) in [5, 5.41) is 17.0. The van der Waals surface area contributed by atoms with Gasteiger partial charge < -0.3 is 17.7 Å². The molecule has 4 aromatic heterocycles. The van der Waals surface area contributed by atoms with Crippen LogP contribution in [0, 0.1) is 11.6 Å². The molecule has 0 saturated heterocycles. The predicted molar refractivity (Wildman–Crippen MR) is 193 cm³/mol. The monoisotopic (exact) mass is 732 g/mol. The van der Waals surface area contributed by atoms with Crippen molar-refractivity contribution in [2.75, 3.05) is 0 Å². The molecule has 0 bridgehead atoms. The number of aromatic nitrogens is 6. The Hall–Kier alpha value is -5.86. The molecule has 0 aliphatic carbocycles. The molecule has 0 spiro atoms. The smallest absolute Gasteiger partial charge is 0.257 e. The van der Waals surface area contributed by atoms with E-state index in [1.807, 2.05) is 24.3 Å². The van der Waals surface area contributed by atoms with Crippen molar-refractivity contribution in [1.29, 1.82) is 0 Å². The summed E-state index contributed by atoms with van der Waals surface area (Å²) in [5.41, 5.74) is 6.59. The number of hydrogen-bond acceptors (Lipinski definition) is 12. The summed E-state index contributed by atoms with van der Waals surface area (Å²) in [6.07, 6.45) is 4.80. The Balaban J connectivity index is 1.07. The second-order valence-electron chi connectivity index (χ2n) is 11.5. The molecule has 0 N–H and O–H groups in total. The Morgan fingerprint density at radius 3 is 1.73 bits per heavy atom. The highest BCUT2D eigenvalue weighted by molar-refractivity contribution is 7.98. The number of oxazole rings is 2. The van der Waals surface area contributed by atoms with Crippen LogP contribution in [0.15, 0.2) is 126 Å². The van der Waals surface area contributed by atoms with E-state index in [1.54, 1.807) is 42.5 Å². The van der Waals surface area contributed by atoms with Crippen LogP contribution in [0.3, 0.4) is 0 Å². The summed E-state index contributed by atoms with van der Waals surface area (Å²) < 4.78 is 52.4. The number of halogens is 2. The van der Waals surface area contributed by atoms with Crippen LogP contribution in [0.2, 0.25) is 0 Å². The minimum absolute atomic E-state index is 0.103. The summed E-state index contributed by atoms with van der Waals surface area (Å²) in [6, 6.07) is 20.5. The normalized spacial score (nSPS) is 11.5. The van der Waals surface area contributed by atoms with Crippen molar-refractivity contribution in [2.45, 2.75) is 34.8 Å². The minimum Gasteiger partial charge on any atom is -0.431 e. The summed E-state index contributed by atoms with van der Waals surface area (Å²) in [6.45, 7) is 7.86. The zero-order chi connectivity index (χ0) is 35.6. The van der Waals surface area contributed by atoms with Crippen LogP contribution in [-0.4, -0.2) is 30.4 Å². The van der Waals surface area contributed by atoms with Crippen molar-refractivity contribution in [2.24, 2.45) is 0 Å². The van der Waals surface area contributed by atoms with Gasteiger partial charge in [0.2, 0.25) is 11.8 Å². The van der Waals surface area contributed by atoms with Crippen molar-refractivity contribution in [3.8, 4) is 34.0 Å². The quantitative estimate of drug-likeness (QED) is 0.0826. The minimum atomic E-state index is -0.442. The standard InChI is InChI=1S/C38H26F2N6O4S2/c1-3-9-21-15-26(34-29(16-21)41-38(50-34)52-20-32-44-46-36(48-32)25-12-6-8-14-28(25)40)23-17-22(10-4-2)33-30(18-23)42-37(49-33)51-19-31-43-45-35(47-31)24-11-5-7-13-27(24)39/h3-8,11-18H,1-2,9-10,19-20H2. The van der Waals surface area contributed by atoms with E-state index in [2.05, 4.69) is 39.6 Å². The van der Waals surface area contributed by atoms with Gasteiger partial charge in [0.15, 0.2) is 11.2 Å². The number of allylic oxidation sites excluding steroid dienone is 2. The van der Waals surface area contributed by atoms with E-state index in [9.17, 15) is 8.78 Å². The second kappa shape index (κ2) is 14.4. The van der Waals surface area contributed by atoms with Gasteiger partial charge >= 0.3 is 0 Å². The molecule has 4 aromatic carbocycles. The van der Waals surface area contributed by atoms with Crippen LogP contribution < -0.4 is 0 Å². The van der Waals surface area contributed by atoms with Gasteiger partial charge in [-0.05, 0) is 72.5 Å². The third-order valence-electron chi connectivity index (χ3n) is 7.91. The Bertz CT molecular complexity index is 2590. The molecule has 0 saturated carbocycles. The average molecular weight is 733 g/mol. The Morgan fingerprint density at radius 1 is 0.596 bits per heavy atom. The van der Waals surface area contributed by atoms with Gasteiger partial charge in [0.25, 0.3) is 22.2 Å². The molecular weight excluding hydrogens is 707 g/mol. The van der Waals surface area contributed by atoms with Gasteiger partial charge in [-0.1, -0.05) is 59.9 Å². The van der Waals surface area contributed by atoms with Crippen molar-refractivity contribution >= 4 is 45.7 Å². The average Bonchev–Trinajstić information content (AvgIpc) is 3.96. The van der Waals surface area contributed by atoms with E-state index in [-0.39, 0.29) is 34.4 Å². The van der Waals surface area contributed by atoms with Crippen LogP contribution in [0.25, 0.3) is 56.2 Å². The maximum atomic E-state index is 14.2. The van der Waals surface area contributed by atoms with E-state index in [4.69, 9.17) is 27.6 Å². The third kappa shape index (κ3) is 6.77. The molecule has 258 valence electrons. The van der Waals surface area contributed by atoms with Gasteiger partial charge in [-0.2, -0.15) is 0 Å². The van der Waals surface area contributed by atoms with Crippen molar-refractivity contribution in [1.82, 2.24) is 30.4 Å². The van der Waals surface area contributed by atoms with Gasteiger partial charge in [0.1, 0.15) is 22.7 Å². The third-order valence-corrected chi connectivity index (χ3v) is 9.54. The van der Waals surface area contributed by atoms with Gasteiger partial charge in [-0.15, -0.1) is 33.6 Å². The summed E-state index contributed by atoms with van der Waals surface area (Å²) in [4.78, 5) is 9.53. The molecule has 0 aliphatic heterocycles. The maximum Gasteiger partial charge on any atom is 0.257 e.